The summed E-state index contributed by atoms with van der Waals surface area (Å²) in [7, 11) is 2.25. The minimum absolute atomic E-state index is 0. The van der Waals surface area contributed by atoms with Crippen LogP contribution in [0, 0.1) is 5.92 Å². The van der Waals surface area contributed by atoms with Crippen LogP contribution in [0.25, 0.3) is 0 Å². The molecule has 0 spiro atoms. The fourth-order valence-corrected chi connectivity index (χ4v) is 1.92. The molecule has 0 aromatic rings. The summed E-state index contributed by atoms with van der Waals surface area (Å²) in [5.74, 6) is 1.09. The van der Waals surface area contributed by atoms with Crippen molar-refractivity contribution in [2.24, 2.45) is 5.92 Å². The van der Waals surface area contributed by atoms with Gasteiger partial charge in [0.15, 0.2) is 0 Å². The van der Waals surface area contributed by atoms with Crippen molar-refractivity contribution in [1.82, 2.24) is 4.90 Å². The van der Waals surface area contributed by atoms with Crippen LogP contribution in [0.1, 0.15) is 41.0 Å². The Balaban J connectivity index is 0.000000311. The molecule has 3 unspecified atom stereocenters. The van der Waals surface area contributed by atoms with Crippen LogP contribution in [0.4, 0.5) is 0 Å². The lowest BCUT2D eigenvalue weighted by Gasteiger charge is -2.17. The van der Waals surface area contributed by atoms with Gasteiger partial charge in [-0.25, -0.2) is 0 Å². The molecule has 0 amide bonds. The molecule has 0 bridgehead atoms. The minimum Gasteiger partial charge on any atom is -0.300 e. The van der Waals surface area contributed by atoms with Gasteiger partial charge in [0, 0.05) is 12.1 Å². The van der Waals surface area contributed by atoms with Crippen molar-refractivity contribution >= 4 is 0 Å². The van der Waals surface area contributed by atoms with Crippen LogP contribution in [-0.2, 0) is 0 Å². The molecule has 1 saturated carbocycles. The summed E-state index contributed by atoms with van der Waals surface area (Å²) in [4.78, 5) is 2.52. The molecule has 0 radical (unpaired) electrons. The fraction of sp³-hybridized carbons (Fsp3) is 1.00. The molecular weight excluding hydrogens is 134 g/mol. The van der Waals surface area contributed by atoms with Crippen LogP contribution in [0.5, 0.6) is 0 Å². The highest BCUT2D eigenvalue weighted by Crippen LogP contribution is 2.46. The number of rotatable bonds is 0. The van der Waals surface area contributed by atoms with Crippen LogP contribution in [0.15, 0.2) is 0 Å². The van der Waals surface area contributed by atoms with Gasteiger partial charge in [0.2, 0.25) is 0 Å². The Labute approximate surface area is 71.8 Å². The Morgan fingerprint density at radius 1 is 1.18 bits per heavy atom. The average molecular weight is 157 g/mol. The van der Waals surface area contributed by atoms with Gasteiger partial charge in [0.05, 0.1) is 0 Å². The van der Waals surface area contributed by atoms with Crippen molar-refractivity contribution in [2.45, 2.75) is 53.1 Å². The van der Waals surface area contributed by atoms with Crippen LogP contribution in [0.3, 0.4) is 0 Å². The molecule has 1 nitrogen and oxygen atoms in total. The Morgan fingerprint density at radius 3 is 1.91 bits per heavy atom. The fourth-order valence-electron chi connectivity index (χ4n) is 1.92. The van der Waals surface area contributed by atoms with E-state index in [0.29, 0.717) is 0 Å². The molecule has 68 valence electrons. The number of hydrogen-bond acceptors (Lipinski definition) is 1. The molecule has 1 saturated heterocycles. The number of likely N-dealkylation sites (tertiary alicyclic amines) is 1. The highest BCUT2D eigenvalue weighted by atomic mass is 15.2. The van der Waals surface area contributed by atoms with Gasteiger partial charge in [-0.3, -0.25) is 0 Å². The molecule has 2 rings (SSSR count). The second-order valence-electron chi connectivity index (χ2n) is 3.31. The third-order valence-electron chi connectivity index (χ3n) is 2.75. The lowest BCUT2D eigenvalue weighted by atomic mass is 10.2. The predicted octanol–water partition coefficient (Wildman–Crippen LogP) is 2.76. The normalized spacial score (nSPS) is 39.8. The number of nitrogens with zero attached hydrogens (tertiary/aromatic N) is 1. The second kappa shape index (κ2) is 4.10. The lowest BCUT2D eigenvalue weighted by molar-refractivity contribution is 0.286. The van der Waals surface area contributed by atoms with E-state index in [4.69, 9.17) is 0 Å². The van der Waals surface area contributed by atoms with Crippen molar-refractivity contribution < 1.29 is 0 Å². The maximum Gasteiger partial charge on any atom is 0.0128 e. The monoisotopic (exact) mass is 157 g/mol. The van der Waals surface area contributed by atoms with E-state index in [1.54, 1.807) is 0 Å². The summed E-state index contributed by atoms with van der Waals surface area (Å²) in [6.45, 7) is 6.33. The molecule has 1 heterocycles. The van der Waals surface area contributed by atoms with E-state index >= 15 is 0 Å². The largest absolute Gasteiger partial charge is 0.300 e. The van der Waals surface area contributed by atoms with Gasteiger partial charge in [0.25, 0.3) is 0 Å². The smallest absolute Gasteiger partial charge is 0.0128 e. The first-order chi connectivity index (χ1) is 4.79. The molecule has 0 N–H and O–H groups in total. The molecule has 0 aromatic carbocycles. The van der Waals surface area contributed by atoms with Gasteiger partial charge in [-0.1, -0.05) is 21.3 Å². The van der Waals surface area contributed by atoms with Crippen molar-refractivity contribution in [3.63, 3.8) is 0 Å². The Hall–Kier alpha value is -0.0400. The Bertz CT molecular complexity index is 109. The van der Waals surface area contributed by atoms with E-state index in [-0.39, 0.29) is 7.43 Å². The van der Waals surface area contributed by atoms with Gasteiger partial charge < -0.3 is 4.90 Å². The molecule has 2 aliphatic rings. The highest BCUT2D eigenvalue weighted by molar-refractivity contribution is 5.02. The molecule has 11 heavy (non-hydrogen) atoms. The molecule has 2 fully saturated rings. The first-order valence-electron chi connectivity index (χ1n) is 4.51. The molecular formula is C10H23N. The van der Waals surface area contributed by atoms with E-state index in [0.717, 1.165) is 18.0 Å². The third kappa shape index (κ3) is 1.96. The van der Waals surface area contributed by atoms with E-state index < -0.39 is 0 Å². The molecule has 1 aliphatic carbocycles. The number of fused-ring (bicyclic) bond motifs is 1. The second-order valence-corrected chi connectivity index (χ2v) is 3.31. The van der Waals surface area contributed by atoms with Gasteiger partial charge in [0.1, 0.15) is 0 Å². The summed E-state index contributed by atoms with van der Waals surface area (Å²) in [5.41, 5.74) is 0. The average Bonchev–Trinajstić information content (AvgIpc) is 2.65. The van der Waals surface area contributed by atoms with Crippen molar-refractivity contribution in [1.29, 1.82) is 0 Å². The van der Waals surface area contributed by atoms with E-state index in [9.17, 15) is 0 Å². The van der Waals surface area contributed by atoms with Crippen LogP contribution in [0.2, 0.25) is 0 Å². The zero-order valence-electron chi connectivity index (χ0n) is 7.59. The summed E-state index contributed by atoms with van der Waals surface area (Å²) >= 11 is 0. The number of hydrogen-bond donors (Lipinski definition) is 0. The van der Waals surface area contributed by atoms with Crippen molar-refractivity contribution in [2.75, 3.05) is 7.05 Å². The molecule has 0 aromatic heterocycles. The summed E-state index contributed by atoms with van der Waals surface area (Å²) < 4.78 is 0. The standard InChI is InChI=1S/C7H13N.C2H6.CH4/c1-5-3-6-4-7(6)8(5)2;1-2;/h5-7H,3-4H2,1-2H3;1-2H3;1H4. The SMILES string of the molecule is C.CC.CC1CC2CC2N1C. The quantitative estimate of drug-likeness (QED) is 0.522. The first kappa shape index (κ1) is 11.0. The zero-order valence-corrected chi connectivity index (χ0v) is 7.59. The van der Waals surface area contributed by atoms with Crippen molar-refractivity contribution in [3.8, 4) is 0 Å². The summed E-state index contributed by atoms with van der Waals surface area (Å²) in [5, 5.41) is 0. The molecule has 1 heteroatoms. The predicted molar refractivity (Wildman–Crippen MR) is 51.8 cm³/mol. The van der Waals surface area contributed by atoms with Crippen LogP contribution >= 0.6 is 0 Å². The van der Waals surface area contributed by atoms with E-state index in [1.165, 1.54) is 12.8 Å². The molecule has 3 atom stereocenters. The summed E-state index contributed by atoms with van der Waals surface area (Å²) in [6, 6.07) is 1.86. The third-order valence-corrected chi connectivity index (χ3v) is 2.75. The van der Waals surface area contributed by atoms with Gasteiger partial charge >= 0.3 is 0 Å². The van der Waals surface area contributed by atoms with Gasteiger partial charge in [-0.15, -0.1) is 0 Å². The topological polar surface area (TPSA) is 3.24 Å². The summed E-state index contributed by atoms with van der Waals surface area (Å²) in [6.07, 6.45) is 2.95. The molecule has 1 aliphatic heterocycles. The zero-order chi connectivity index (χ0) is 7.72. The Kier molecular flexibility index (Phi) is 4.09. The van der Waals surface area contributed by atoms with Gasteiger partial charge in [-0.2, -0.15) is 0 Å². The van der Waals surface area contributed by atoms with E-state index in [1.807, 2.05) is 13.8 Å². The van der Waals surface area contributed by atoms with Crippen LogP contribution < -0.4 is 0 Å². The lowest BCUT2D eigenvalue weighted by Crippen LogP contribution is -2.25. The Morgan fingerprint density at radius 2 is 1.73 bits per heavy atom. The highest BCUT2D eigenvalue weighted by Gasteiger charge is 2.48. The first-order valence-corrected chi connectivity index (χ1v) is 4.51. The maximum absolute atomic E-state index is 2.52. The van der Waals surface area contributed by atoms with E-state index in [2.05, 4.69) is 18.9 Å². The maximum atomic E-state index is 2.52. The minimum atomic E-state index is 0. The number of piperidine rings is 1. The van der Waals surface area contributed by atoms with Crippen LogP contribution in [-0.4, -0.2) is 24.0 Å². The van der Waals surface area contributed by atoms with Gasteiger partial charge in [-0.05, 0) is 32.7 Å². The van der Waals surface area contributed by atoms with Crippen molar-refractivity contribution in [3.05, 3.63) is 0 Å².